The van der Waals surface area contributed by atoms with Gasteiger partial charge in [0.25, 0.3) is 0 Å². The SMILES string of the molecule is CC(C)CC(NC(=O)C(N)CCCCN)C(=O)NC(C(=O)NC(CC(C)C)C(=O)NC(C)C(=O)O)C(C)C. The minimum Gasteiger partial charge on any atom is -0.480 e. The van der Waals surface area contributed by atoms with Gasteiger partial charge in [-0.25, -0.2) is 0 Å². The molecule has 0 aromatic heterocycles. The fourth-order valence-corrected chi connectivity index (χ4v) is 3.75. The van der Waals surface area contributed by atoms with Crippen molar-refractivity contribution in [3.8, 4) is 0 Å². The van der Waals surface area contributed by atoms with Gasteiger partial charge in [0.15, 0.2) is 0 Å². The Hall–Kier alpha value is -2.73. The van der Waals surface area contributed by atoms with Gasteiger partial charge in [-0.05, 0) is 56.9 Å². The van der Waals surface area contributed by atoms with Crippen molar-refractivity contribution in [3.63, 3.8) is 0 Å². The number of rotatable bonds is 18. The van der Waals surface area contributed by atoms with Crippen LogP contribution in [0.2, 0.25) is 0 Å². The predicted molar refractivity (Wildman–Crippen MR) is 146 cm³/mol. The first kappa shape index (κ1) is 35.3. The van der Waals surface area contributed by atoms with E-state index in [1.165, 1.54) is 6.92 Å². The Kier molecular flexibility index (Phi) is 16.4. The lowest BCUT2D eigenvalue weighted by Crippen LogP contribution is -2.59. The molecule has 220 valence electrons. The molecule has 4 amide bonds. The lowest BCUT2D eigenvalue weighted by Gasteiger charge is -2.29. The number of hydrogen-bond donors (Lipinski definition) is 7. The maximum absolute atomic E-state index is 13.2. The molecule has 12 heteroatoms. The summed E-state index contributed by atoms with van der Waals surface area (Å²) in [6.45, 7) is 12.9. The molecule has 0 radical (unpaired) electrons. The van der Waals surface area contributed by atoms with Gasteiger partial charge < -0.3 is 37.8 Å². The summed E-state index contributed by atoms with van der Waals surface area (Å²) in [4.78, 5) is 62.9. The van der Waals surface area contributed by atoms with Crippen molar-refractivity contribution < 1.29 is 29.1 Å². The second kappa shape index (κ2) is 17.7. The molecule has 0 heterocycles. The van der Waals surface area contributed by atoms with Gasteiger partial charge in [-0.2, -0.15) is 0 Å². The third-order valence-electron chi connectivity index (χ3n) is 5.96. The molecule has 0 fully saturated rings. The maximum atomic E-state index is 13.2. The van der Waals surface area contributed by atoms with Gasteiger partial charge in [-0.3, -0.25) is 24.0 Å². The van der Waals surface area contributed by atoms with Crippen molar-refractivity contribution in [2.24, 2.45) is 29.2 Å². The van der Waals surface area contributed by atoms with Crippen molar-refractivity contribution in [1.29, 1.82) is 0 Å². The van der Waals surface area contributed by atoms with Crippen molar-refractivity contribution in [2.75, 3.05) is 6.54 Å². The van der Waals surface area contributed by atoms with E-state index in [0.29, 0.717) is 25.8 Å². The van der Waals surface area contributed by atoms with Gasteiger partial charge in [-0.15, -0.1) is 0 Å². The molecule has 0 saturated heterocycles. The summed E-state index contributed by atoms with van der Waals surface area (Å²) in [5.41, 5.74) is 11.5. The molecule has 0 aromatic rings. The van der Waals surface area contributed by atoms with Crippen LogP contribution in [0.4, 0.5) is 0 Å². The topological polar surface area (TPSA) is 206 Å². The van der Waals surface area contributed by atoms with Gasteiger partial charge in [-0.1, -0.05) is 48.0 Å². The molecule has 9 N–H and O–H groups in total. The quantitative estimate of drug-likeness (QED) is 0.119. The van der Waals surface area contributed by atoms with Crippen LogP contribution in [-0.4, -0.2) is 71.5 Å². The first-order chi connectivity index (χ1) is 17.6. The Morgan fingerprint density at radius 2 is 1.16 bits per heavy atom. The Morgan fingerprint density at radius 3 is 1.58 bits per heavy atom. The Balaban J connectivity index is 5.58. The smallest absolute Gasteiger partial charge is 0.325 e. The predicted octanol–water partition coefficient (Wildman–Crippen LogP) is 0.235. The lowest BCUT2D eigenvalue weighted by molar-refractivity contribution is -0.142. The number of hydrogen-bond acceptors (Lipinski definition) is 7. The highest BCUT2D eigenvalue weighted by Crippen LogP contribution is 2.11. The third-order valence-corrected chi connectivity index (χ3v) is 5.96. The number of carboxylic acids is 1. The van der Waals surface area contributed by atoms with Gasteiger partial charge in [0, 0.05) is 0 Å². The summed E-state index contributed by atoms with van der Waals surface area (Å²) in [7, 11) is 0. The summed E-state index contributed by atoms with van der Waals surface area (Å²) >= 11 is 0. The molecular formula is C26H50N6O6. The zero-order chi connectivity index (χ0) is 29.6. The Morgan fingerprint density at radius 1 is 0.684 bits per heavy atom. The monoisotopic (exact) mass is 542 g/mol. The molecule has 38 heavy (non-hydrogen) atoms. The number of carboxylic acid groups (broad SMARTS) is 1. The summed E-state index contributed by atoms with van der Waals surface area (Å²) < 4.78 is 0. The van der Waals surface area contributed by atoms with E-state index in [1.807, 2.05) is 27.7 Å². The first-order valence-corrected chi connectivity index (χ1v) is 13.5. The molecule has 5 atom stereocenters. The van der Waals surface area contributed by atoms with Crippen LogP contribution in [-0.2, 0) is 24.0 Å². The van der Waals surface area contributed by atoms with Gasteiger partial charge in [0.05, 0.1) is 6.04 Å². The van der Waals surface area contributed by atoms with E-state index < -0.39 is 59.8 Å². The highest BCUT2D eigenvalue weighted by Gasteiger charge is 2.33. The fourth-order valence-electron chi connectivity index (χ4n) is 3.75. The first-order valence-electron chi connectivity index (χ1n) is 13.5. The molecule has 0 aromatic carbocycles. The number of carbonyl (C=O) groups excluding carboxylic acids is 4. The second-order valence-corrected chi connectivity index (χ2v) is 11.1. The molecule has 0 saturated carbocycles. The van der Waals surface area contributed by atoms with E-state index in [1.54, 1.807) is 13.8 Å². The van der Waals surface area contributed by atoms with E-state index in [-0.39, 0.29) is 24.2 Å². The van der Waals surface area contributed by atoms with Crippen LogP contribution in [0.25, 0.3) is 0 Å². The normalized spacial score (nSPS) is 15.4. The molecule has 12 nitrogen and oxygen atoms in total. The van der Waals surface area contributed by atoms with Crippen LogP contribution in [0, 0.1) is 17.8 Å². The van der Waals surface area contributed by atoms with Crippen molar-refractivity contribution in [1.82, 2.24) is 21.3 Å². The largest absolute Gasteiger partial charge is 0.480 e. The number of carbonyl (C=O) groups is 5. The van der Waals surface area contributed by atoms with Crippen LogP contribution in [0.15, 0.2) is 0 Å². The lowest BCUT2D eigenvalue weighted by atomic mass is 9.98. The van der Waals surface area contributed by atoms with Crippen LogP contribution < -0.4 is 32.7 Å². The molecule has 0 bridgehead atoms. The Bertz CT molecular complexity index is 788. The van der Waals surface area contributed by atoms with Crippen LogP contribution >= 0.6 is 0 Å². The summed E-state index contributed by atoms with van der Waals surface area (Å²) in [6, 6.07) is -4.79. The van der Waals surface area contributed by atoms with Gasteiger partial charge >= 0.3 is 5.97 Å². The number of nitrogens with one attached hydrogen (secondary N) is 4. The summed E-state index contributed by atoms with van der Waals surface area (Å²) in [5.74, 6) is -3.62. The fraction of sp³-hybridized carbons (Fsp3) is 0.808. The van der Waals surface area contributed by atoms with E-state index in [9.17, 15) is 24.0 Å². The number of unbranched alkanes of at least 4 members (excludes halogenated alkanes) is 1. The van der Waals surface area contributed by atoms with Crippen molar-refractivity contribution in [2.45, 2.75) is 111 Å². The maximum Gasteiger partial charge on any atom is 0.325 e. The van der Waals surface area contributed by atoms with Crippen LogP contribution in [0.5, 0.6) is 0 Å². The molecule has 0 aliphatic rings. The average Bonchev–Trinajstić information content (AvgIpc) is 2.80. The molecule has 0 rings (SSSR count). The standard InChI is InChI=1S/C26H50N6O6/c1-14(2)12-19(23(34)29-17(7)26(37)38)31-25(36)21(16(5)6)32-24(35)20(13-15(3)4)30-22(33)18(28)10-8-9-11-27/h14-21H,8-13,27-28H2,1-7H3,(H,29,34)(H,30,33)(H,31,36)(H,32,35)(H,37,38). The summed E-state index contributed by atoms with van der Waals surface area (Å²) in [5, 5.41) is 19.6. The average molecular weight is 543 g/mol. The van der Waals surface area contributed by atoms with Gasteiger partial charge in [0.2, 0.25) is 23.6 Å². The number of amides is 4. The zero-order valence-electron chi connectivity index (χ0n) is 24.0. The van der Waals surface area contributed by atoms with Crippen molar-refractivity contribution in [3.05, 3.63) is 0 Å². The van der Waals surface area contributed by atoms with Crippen molar-refractivity contribution >= 4 is 29.6 Å². The van der Waals surface area contributed by atoms with Crippen LogP contribution in [0.3, 0.4) is 0 Å². The molecule has 0 aliphatic heterocycles. The molecule has 5 unspecified atom stereocenters. The van der Waals surface area contributed by atoms with Gasteiger partial charge in [0.1, 0.15) is 24.2 Å². The minimum absolute atomic E-state index is 0.0259. The highest BCUT2D eigenvalue weighted by atomic mass is 16.4. The van der Waals surface area contributed by atoms with E-state index in [2.05, 4.69) is 21.3 Å². The molecule has 0 aliphatic carbocycles. The molecule has 0 spiro atoms. The highest BCUT2D eigenvalue weighted by molar-refractivity contribution is 5.95. The Labute approximate surface area is 226 Å². The van der Waals surface area contributed by atoms with E-state index >= 15 is 0 Å². The number of aliphatic carboxylic acids is 1. The summed E-state index contributed by atoms with van der Waals surface area (Å²) in [6.07, 6.45) is 2.49. The third kappa shape index (κ3) is 13.7. The molecular weight excluding hydrogens is 492 g/mol. The van der Waals surface area contributed by atoms with E-state index in [0.717, 1.165) is 6.42 Å². The second-order valence-electron chi connectivity index (χ2n) is 11.1. The number of nitrogens with two attached hydrogens (primary N) is 2. The minimum atomic E-state index is -1.20. The zero-order valence-corrected chi connectivity index (χ0v) is 24.0. The van der Waals surface area contributed by atoms with Crippen LogP contribution in [0.1, 0.15) is 80.6 Å². The van der Waals surface area contributed by atoms with E-state index in [4.69, 9.17) is 16.6 Å².